The molecule has 39 valence electrons. The van der Waals surface area contributed by atoms with Gasteiger partial charge in [0.15, 0.2) is 0 Å². The average molecular weight is 165 g/mol. The Morgan fingerprint density at radius 3 is 1.50 bits per heavy atom. The van der Waals surface area contributed by atoms with Gasteiger partial charge in [-0.1, -0.05) is 7.43 Å². The van der Waals surface area contributed by atoms with E-state index in [4.69, 9.17) is 0 Å². The molecular weight excluding hydrogens is 153 g/mol. The fourth-order valence-corrected chi connectivity index (χ4v) is 0. The van der Waals surface area contributed by atoms with Crippen LogP contribution in [0.4, 0.5) is 0 Å². The van der Waals surface area contributed by atoms with Crippen LogP contribution >= 0.6 is 0 Å². The minimum absolute atomic E-state index is 0. The quantitative estimate of drug-likeness (QED) is 0.494. The zero-order valence-corrected chi connectivity index (χ0v) is 6.53. The van der Waals surface area contributed by atoms with Gasteiger partial charge in [0.2, 0.25) is 0 Å². The van der Waals surface area contributed by atoms with Crippen LogP contribution in [-0.2, 0) is 37.4 Å². The van der Waals surface area contributed by atoms with Gasteiger partial charge in [-0.15, -0.1) is 0 Å². The van der Waals surface area contributed by atoms with Gasteiger partial charge in [-0.3, -0.25) is 0 Å². The van der Waals surface area contributed by atoms with Crippen LogP contribution in [0.5, 0.6) is 0 Å². The van der Waals surface area contributed by atoms with E-state index < -0.39 is 0 Å². The first-order valence-corrected chi connectivity index (χ1v) is 0.697. The van der Waals surface area contributed by atoms with Gasteiger partial charge in [0.25, 0.3) is 0 Å². The molecule has 0 aromatic heterocycles. The standard InChI is InChI=1S/C2H5O.CH4.CH3.Y/c1-3-2;;;/h1H2,2H3;1H4;1H3;/q-1;;-1;. The van der Waals surface area contributed by atoms with Crippen LogP contribution in [0.15, 0.2) is 0 Å². The van der Waals surface area contributed by atoms with Gasteiger partial charge in [0.05, 0.1) is 0 Å². The minimum atomic E-state index is 0. The van der Waals surface area contributed by atoms with Crippen LogP contribution in [0.1, 0.15) is 7.43 Å². The normalized spacial score (nSPS) is 3.00. The molecule has 0 aliphatic carbocycles. The Balaban J connectivity index is -0.00000000667. The van der Waals surface area contributed by atoms with E-state index in [0.717, 1.165) is 0 Å². The maximum absolute atomic E-state index is 4.00. The second-order valence-corrected chi connectivity index (χ2v) is 0.289. The molecule has 0 aromatic rings. The van der Waals surface area contributed by atoms with Gasteiger partial charge in [-0.05, 0) is 7.11 Å². The molecule has 0 fully saturated rings. The smallest absolute Gasteiger partial charge is 0 e. The molecule has 0 spiro atoms. The van der Waals surface area contributed by atoms with Gasteiger partial charge in [0.1, 0.15) is 0 Å². The Morgan fingerprint density at radius 1 is 1.50 bits per heavy atom. The Hall–Kier alpha value is 1.06. The van der Waals surface area contributed by atoms with Crippen molar-refractivity contribution < 1.29 is 37.4 Å². The summed E-state index contributed by atoms with van der Waals surface area (Å²) >= 11 is 0. The molecule has 0 unspecified atom stereocenters. The van der Waals surface area contributed by atoms with Crippen LogP contribution in [0, 0.1) is 14.5 Å². The summed E-state index contributed by atoms with van der Waals surface area (Å²) in [4.78, 5) is 0. The molecule has 0 saturated carbocycles. The summed E-state index contributed by atoms with van der Waals surface area (Å²) in [5.41, 5.74) is 0. The summed E-state index contributed by atoms with van der Waals surface area (Å²) in [6, 6.07) is 0. The van der Waals surface area contributed by atoms with E-state index in [1.165, 1.54) is 7.11 Å². The largest absolute Gasteiger partial charge is 0.557 e. The van der Waals surface area contributed by atoms with Crippen molar-refractivity contribution in [3.05, 3.63) is 14.5 Å². The predicted octanol–water partition coefficient (Wildman–Crippen LogP) is 1.51. The molecule has 0 aromatic carbocycles. The predicted molar refractivity (Wildman–Crippen MR) is 25.5 cm³/mol. The van der Waals surface area contributed by atoms with Crippen molar-refractivity contribution >= 4 is 0 Å². The zero-order valence-electron chi connectivity index (χ0n) is 3.69. The monoisotopic (exact) mass is 165 g/mol. The van der Waals surface area contributed by atoms with Crippen molar-refractivity contribution in [2.45, 2.75) is 7.43 Å². The number of hydrogen-bond donors (Lipinski definition) is 0. The Bertz CT molecular complexity index is 7.51. The van der Waals surface area contributed by atoms with Crippen molar-refractivity contribution in [2.75, 3.05) is 7.11 Å². The van der Waals surface area contributed by atoms with Crippen molar-refractivity contribution in [3.8, 4) is 0 Å². The van der Waals surface area contributed by atoms with Crippen LogP contribution in [-0.4, -0.2) is 7.11 Å². The molecule has 1 radical (unpaired) electrons. The van der Waals surface area contributed by atoms with Crippen LogP contribution in [0.25, 0.3) is 0 Å². The summed E-state index contributed by atoms with van der Waals surface area (Å²) < 4.78 is 4.00. The zero-order chi connectivity index (χ0) is 2.71. The van der Waals surface area contributed by atoms with Gasteiger partial charge in [-0.2, -0.15) is 0 Å². The molecular formula is C4H12OY-2. The molecule has 0 rings (SSSR count). The molecule has 0 aliphatic heterocycles. The van der Waals surface area contributed by atoms with E-state index in [2.05, 4.69) is 11.8 Å². The number of hydrogen-bond acceptors (Lipinski definition) is 1. The van der Waals surface area contributed by atoms with Crippen LogP contribution < -0.4 is 0 Å². The molecule has 0 bridgehead atoms. The third-order valence-electron chi connectivity index (χ3n) is 0. The first-order valence-electron chi connectivity index (χ1n) is 0.697. The van der Waals surface area contributed by atoms with E-state index in [0.29, 0.717) is 0 Å². The Labute approximate surface area is 66.3 Å². The summed E-state index contributed by atoms with van der Waals surface area (Å²) in [6.07, 6.45) is 0. The van der Waals surface area contributed by atoms with Gasteiger partial charge in [-0.25, -0.2) is 7.11 Å². The molecule has 0 atom stereocenters. The Kier molecular flexibility index (Phi) is 168. The molecule has 0 amide bonds. The summed E-state index contributed by atoms with van der Waals surface area (Å²) in [5.74, 6) is 0. The van der Waals surface area contributed by atoms with Gasteiger partial charge >= 0.3 is 0 Å². The molecule has 0 saturated heterocycles. The topological polar surface area (TPSA) is 9.23 Å². The third-order valence-corrected chi connectivity index (χ3v) is 0. The van der Waals surface area contributed by atoms with E-state index >= 15 is 0 Å². The van der Waals surface area contributed by atoms with Crippen LogP contribution in [0.2, 0.25) is 0 Å². The van der Waals surface area contributed by atoms with Crippen molar-refractivity contribution in [3.63, 3.8) is 0 Å². The first kappa shape index (κ1) is 27.7. The summed E-state index contributed by atoms with van der Waals surface area (Å²) in [7, 11) is 4.50. The summed E-state index contributed by atoms with van der Waals surface area (Å²) in [5, 5.41) is 0. The maximum Gasteiger partial charge on any atom is 0 e. The van der Waals surface area contributed by atoms with Gasteiger partial charge in [0, 0.05) is 32.7 Å². The van der Waals surface area contributed by atoms with Crippen molar-refractivity contribution in [2.24, 2.45) is 0 Å². The van der Waals surface area contributed by atoms with E-state index in [1.54, 1.807) is 0 Å². The van der Waals surface area contributed by atoms with E-state index in [1.807, 2.05) is 0 Å². The van der Waals surface area contributed by atoms with Crippen molar-refractivity contribution in [1.29, 1.82) is 0 Å². The fraction of sp³-hybridized carbons (Fsp3) is 0.500. The minimum Gasteiger partial charge on any atom is -0.557 e. The van der Waals surface area contributed by atoms with Crippen LogP contribution in [0.3, 0.4) is 0 Å². The number of methoxy groups -OCH3 is 1. The molecule has 6 heavy (non-hydrogen) atoms. The van der Waals surface area contributed by atoms with Crippen molar-refractivity contribution in [1.82, 2.24) is 0 Å². The average Bonchev–Trinajstić information content (AvgIpc) is 0.918. The SMILES string of the molecule is C.[CH2-]OC.[CH3-].[Y]. The number of rotatable bonds is 0. The first-order chi connectivity index (χ1) is 1.41. The van der Waals surface area contributed by atoms with E-state index in [-0.39, 0.29) is 47.6 Å². The maximum atomic E-state index is 4.00. The molecule has 0 N–H and O–H groups in total. The molecule has 2 heteroatoms. The van der Waals surface area contributed by atoms with Gasteiger partial charge < -0.3 is 12.2 Å². The van der Waals surface area contributed by atoms with E-state index in [9.17, 15) is 0 Å². The molecule has 0 heterocycles. The third kappa shape index (κ3) is 73.9. The number of ether oxygens (including phenoxy) is 1. The molecule has 1 nitrogen and oxygen atoms in total. The second-order valence-electron chi connectivity index (χ2n) is 0.289. The fourth-order valence-electron chi connectivity index (χ4n) is 0. The second kappa shape index (κ2) is 36.5. The Morgan fingerprint density at radius 2 is 1.50 bits per heavy atom. The molecule has 0 aliphatic rings. The summed E-state index contributed by atoms with van der Waals surface area (Å²) in [6.45, 7) is 0.